The molecule has 0 unspecified atom stereocenters. The molecule has 0 fully saturated rings. The first-order valence-corrected chi connectivity index (χ1v) is 7.30. The van der Waals surface area contributed by atoms with Crippen LogP contribution in [0.25, 0.3) is 0 Å². The standard InChI is InChI=1S/C6H7N.C2H6.3C2H4.CH3I/c1-6-2-4-7-5-3-6;5*1-2/h2-5H,1H3;1-2H3;3*1-2H2;1H3. The van der Waals surface area contributed by atoms with Crippen LogP contribution in [-0.2, 0) is 0 Å². The lowest BCUT2D eigenvalue weighted by atomic mass is 10.3. The van der Waals surface area contributed by atoms with Crippen molar-refractivity contribution < 1.29 is 0 Å². The van der Waals surface area contributed by atoms with Gasteiger partial charge in [0, 0.05) is 12.4 Å². The Bertz CT molecular complexity index is 171. The van der Waals surface area contributed by atoms with Crippen LogP contribution in [0.5, 0.6) is 0 Å². The summed E-state index contributed by atoms with van der Waals surface area (Å²) in [5, 5.41) is 0. The summed E-state index contributed by atoms with van der Waals surface area (Å²) in [6.07, 6.45) is 3.57. The van der Waals surface area contributed by atoms with Gasteiger partial charge in [-0.15, -0.1) is 39.5 Å². The molecule has 0 aromatic carbocycles. The lowest BCUT2D eigenvalue weighted by Crippen LogP contribution is -1.68. The average molecular weight is 349 g/mol. The number of alkyl halides is 1. The third-order valence-electron chi connectivity index (χ3n) is 0.847. The fourth-order valence-corrected chi connectivity index (χ4v) is 0.426. The van der Waals surface area contributed by atoms with Gasteiger partial charge in [-0.1, -0.05) is 36.4 Å². The van der Waals surface area contributed by atoms with Gasteiger partial charge < -0.3 is 0 Å². The van der Waals surface area contributed by atoms with E-state index < -0.39 is 0 Å². The van der Waals surface area contributed by atoms with Crippen LogP contribution in [0.1, 0.15) is 19.4 Å². The predicted octanol–water partition coefficient (Wildman–Crippen LogP) is 5.87. The molecule has 0 aliphatic rings. The number of hydrogen-bond donors (Lipinski definition) is 0. The van der Waals surface area contributed by atoms with E-state index in [4.69, 9.17) is 0 Å². The highest BCUT2D eigenvalue weighted by Gasteiger charge is 1.72. The van der Waals surface area contributed by atoms with Crippen LogP contribution in [0.15, 0.2) is 64.0 Å². The van der Waals surface area contributed by atoms with E-state index in [0.717, 1.165) is 0 Å². The molecule has 1 aromatic rings. The smallest absolute Gasteiger partial charge is 0.0270 e. The van der Waals surface area contributed by atoms with Crippen LogP contribution in [0.3, 0.4) is 0 Å². The molecule has 0 atom stereocenters. The van der Waals surface area contributed by atoms with Gasteiger partial charge >= 0.3 is 0 Å². The molecule has 2 heteroatoms. The minimum atomic E-state index is 1.26. The summed E-state index contributed by atoms with van der Waals surface area (Å²) in [4.78, 5) is 5.82. The second kappa shape index (κ2) is 59.6. The molecule has 0 radical (unpaired) electrons. The number of hydrogen-bond acceptors (Lipinski definition) is 1. The largest absolute Gasteiger partial charge is 0.265 e. The van der Waals surface area contributed by atoms with E-state index in [9.17, 15) is 0 Å². The van der Waals surface area contributed by atoms with Crippen molar-refractivity contribution in [2.24, 2.45) is 0 Å². The zero-order chi connectivity index (χ0) is 15.1. The molecule has 0 aliphatic carbocycles. The van der Waals surface area contributed by atoms with E-state index in [1.807, 2.05) is 37.8 Å². The predicted molar refractivity (Wildman–Crippen MR) is 94.0 cm³/mol. The van der Waals surface area contributed by atoms with Gasteiger partial charge in [0.05, 0.1) is 0 Å². The molecular formula is C15H28IN. The van der Waals surface area contributed by atoms with Gasteiger partial charge in [-0.05, 0) is 29.6 Å². The van der Waals surface area contributed by atoms with E-state index in [1.165, 1.54) is 5.56 Å². The summed E-state index contributed by atoms with van der Waals surface area (Å²) < 4.78 is 0. The van der Waals surface area contributed by atoms with Crippen LogP contribution in [0, 0.1) is 6.92 Å². The molecule has 100 valence electrons. The van der Waals surface area contributed by atoms with Gasteiger partial charge in [0.2, 0.25) is 0 Å². The number of aryl methyl sites for hydroxylation is 1. The first-order valence-electron chi connectivity index (χ1n) is 5.14. The van der Waals surface area contributed by atoms with Crippen LogP contribution < -0.4 is 0 Å². The fraction of sp³-hybridized carbons (Fsp3) is 0.267. The zero-order valence-corrected chi connectivity index (χ0v) is 14.0. The Morgan fingerprint density at radius 3 is 1.18 bits per heavy atom. The SMILES string of the molecule is C=C.C=C.C=C.CC.CI.Cc1ccncc1. The van der Waals surface area contributed by atoms with E-state index >= 15 is 0 Å². The normalized spacial score (nSPS) is 5.00. The molecule has 0 N–H and O–H groups in total. The molecule has 0 bridgehead atoms. The summed E-state index contributed by atoms with van der Waals surface area (Å²) in [6, 6.07) is 3.94. The quantitative estimate of drug-likeness (QED) is 0.324. The summed E-state index contributed by atoms with van der Waals surface area (Å²) in [5.74, 6) is 0. The number of rotatable bonds is 0. The Balaban J connectivity index is -0.0000000413. The molecule has 0 saturated heterocycles. The van der Waals surface area contributed by atoms with Crippen molar-refractivity contribution in [2.75, 3.05) is 4.93 Å². The van der Waals surface area contributed by atoms with Gasteiger partial charge in [-0.3, -0.25) is 4.98 Å². The maximum absolute atomic E-state index is 3.85. The van der Waals surface area contributed by atoms with Crippen molar-refractivity contribution in [1.29, 1.82) is 0 Å². The van der Waals surface area contributed by atoms with Gasteiger partial charge in [0.15, 0.2) is 0 Å². The van der Waals surface area contributed by atoms with Gasteiger partial charge in [-0.25, -0.2) is 0 Å². The minimum absolute atomic E-state index is 1.26. The molecule has 1 aromatic heterocycles. The van der Waals surface area contributed by atoms with Crippen LogP contribution in [0.2, 0.25) is 0 Å². The molecule has 0 spiro atoms. The third-order valence-corrected chi connectivity index (χ3v) is 0.847. The highest BCUT2D eigenvalue weighted by Crippen LogP contribution is 1.88. The molecule has 1 heterocycles. The second-order valence-corrected chi connectivity index (χ2v) is 1.52. The number of aromatic nitrogens is 1. The summed E-state index contributed by atoms with van der Waals surface area (Å²) >= 11 is 2.15. The second-order valence-electron chi connectivity index (χ2n) is 1.52. The molecule has 0 saturated carbocycles. The number of pyridine rings is 1. The lowest BCUT2D eigenvalue weighted by molar-refractivity contribution is 1.29. The van der Waals surface area contributed by atoms with Crippen molar-refractivity contribution in [3.05, 3.63) is 69.6 Å². The van der Waals surface area contributed by atoms with Crippen LogP contribution in [-0.4, -0.2) is 9.91 Å². The van der Waals surface area contributed by atoms with E-state index in [0.29, 0.717) is 0 Å². The Morgan fingerprint density at radius 1 is 0.824 bits per heavy atom. The number of nitrogens with zero attached hydrogens (tertiary/aromatic N) is 1. The molecule has 17 heavy (non-hydrogen) atoms. The number of halogens is 1. The van der Waals surface area contributed by atoms with Crippen LogP contribution >= 0.6 is 22.6 Å². The molecule has 1 nitrogen and oxygen atoms in total. The monoisotopic (exact) mass is 349 g/mol. The van der Waals surface area contributed by atoms with Crippen molar-refractivity contribution in [2.45, 2.75) is 20.8 Å². The molecule has 0 aliphatic heterocycles. The van der Waals surface area contributed by atoms with E-state index in [2.05, 4.69) is 67.0 Å². The van der Waals surface area contributed by atoms with Crippen molar-refractivity contribution >= 4 is 22.6 Å². The zero-order valence-electron chi connectivity index (χ0n) is 11.9. The fourth-order valence-electron chi connectivity index (χ4n) is 0.426. The first kappa shape index (κ1) is 29.8. The molecule has 0 amide bonds. The maximum Gasteiger partial charge on any atom is 0.0270 e. The Hall–Kier alpha value is -0.900. The maximum atomic E-state index is 3.85. The van der Waals surface area contributed by atoms with Gasteiger partial charge in [-0.2, -0.15) is 0 Å². The van der Waals surface area contributed by atoms with Crippen LogP contribution in [0.4, 0.5) is 0 Å². The molecule has 1 rings (SSSR count). The van der Waals surface area contributed by atoms with E-state index in [-0.39, 0.29) is 0 Å². The van der Waals surface area contributed by atoms with Crippen molar-refractivity contribution in [3.63, 3.8) is 0 Å². The average Bonchev–Trinajstić information content (AvgIpc) is 2.50. The Labute approximate surface area is 123 Å². The Morgan fingerprint density at radius 2 is 1.06 bits per heavy atom. The lowest BCUT2D eigenvalue weighted by Gasteiger charge is -1.82. The Kier molecular flexibility index (Phi) is 104. The van der Waals surface area contributed by atoms with Crippen molar-refractivity contribution in [3.8, 4) is 0 Å². The first-order chi connectivity index (χ1) is 8.39. The molecular weight excluding hydrogens is 321 g/mol. The van der Waals surface area contributed by atoms with Gasteiger partial charge in [0.1, 0.15) is 0 Å². The highest BCUT2D eigenvalue weighted by atomic mass is 127. The highest BCUT2D eigenvalue weighted by molar-refractivity contribution is 14.1. The van der Waals surface area contributed by atoms with Gasteiger partial charge in [0.25, 0.3) is 0 Å². The van der Waals surface area contributed by atoms with Crippen molar-refractivity contribution in [1.82, 2.24) is 4.98 Å². The topological polar surface area (TPSA) is 12.9 Å². The third kappa shape index (κ3) is 51.4. The summed E-state index contributed by atoms with van der Waals surface area (Å²) in [6.45, 7) is 24.0. The van der Waals surface area contributed by atoms with E-state index in [1.54, 1.807) is 12.4 Å². The summed E-state index contributed by atoms with van der Waals surface area (Å²) in [5.41, 5.74) is 1.26. The minimum Gasteiger partial charge on any atom is -0.265 e. The summed E-state index contributed by atoms with van der Waals surface area (Å²) in [7, 11) is 0.